The van der Waals surface area contributed by atoms with Crippen LogP contribution in [0.3, 0.4) is 0 Å². The van der Waals surface area contributed by atoms with Gasteiger partial charge in [-0.15, -0.1) is 0 Å². The SMILES string of the molecule is Cc1cc(C)nc(-c2oc3cnccc3c2O)n1. The summed E-state index contributed by atoms with van der Waals surface area (Å²) in [7, 11) is 0. The molecule has 0 saturated carbocycles. The normalized spacial score (nSPS) is 11.0. The molecule has 18 heavy (non-hydrogen) atoms. The lowest BCUT2D eigenvalue weighted by molar-refractivity contribution is 0.469. The highest BCUT2D eigenvalue weighted by molar-refractivity contribution is 5.89. The Hall–Kier alpha value is -2.43. The molecule has 90 valence electrons. The number of hydrogen-bond acceptors (Lipinski definition) is 5. The molecule has 0 atom stereocenters. The number of aromatic hydroxyl groups is 1. The summed E-state index contributed by atoms with van der Waals surface area (Å²) in [4.78, 5) is 12.5. The van der Waals surface area contributed by atoms with E-state index < -0.39 is 0 Å². The van der Waals surface area contributed by atoms with Gasteiger partial charge in [-0.2, -0.15) is 0 Å². The number of fused-ring (bicyclic) bond motifs is 1. The van der Waals surface area contributed by atoms with E-state index in [1.54, 1.807) is 18.5 Å². The zero-order valence-electron chi connectivity index (χ0n) is 10.0. The summed E-state index contributed by atoms with van der Waals surface area (Å²) < 4.78 is 5.56. The highest BCUT2D eigenvalue weighted by atomic mass is 16.4. The monoisotopic (exact) mass is 241 g/mol. The summed E-state index contributed by atoms with van der Waals surface area (Å²) in [5.41, 5.74) is 2.18. The topological polar surface area (TPSA) is 72.0 Å². The van der Waals surface area contributed by atoms with Crippen LogP contribution in [-0.4, -0.2) is 20.1 Å². The number of rotatable bonds is 1. The number of hydrogen-bond donors (Lipinski definition) is 1. The van der Waals surface area contributed by atoms with Gasteiger partial charge >= 0.3 is 0 Å². The summed E-state index contributed by atoms with van der Waals surface area (Å²) in [6.45, 7) is 3.75. The van der Waals surface area contributed by atoms with Crippen LogP contribution in [0.1, 0.15) is 11.4 Å². The first-order valence-corrected chi connectivity index (χ1v) is 5.53. The summed E-state index contributed by atoms with van der Waals surface area (Å²) >= 11 is 0. The molecular formula is C13H11N3O2. The summed E-state index contributed by atoms with van der Waals surface area (Å²) in [6, 6.07) is 3.56. The van der Waals surface area contributed by atoms with Crippen LogP contribution in [0.5, 0.6) is 5.75 Å². The van der Waals surface area contributed by atoms with Gasteiger partial charge < -0.3 is 9.52 Å². The highest BCUT2D eigenvalue weighted by Crippen LogP contribution is 2.36. The molecule has 3 aromatic heterocycles. The molecule has 3 aromatic rings. The van der Waals surface area contributed by atoms with E-state index in [0.717, 1.165) is 11.4 Å². The third-order valence-corrected chi connectivity index (χ3v) is 2.65. The van der Waals surface area contributed by atoms with Gasteiger partial charge in [0, 0.05) is 17.6 Å². The van der Waals surface area contributed by atoms with Crippen molar-refractivity contribution in [2.45, 2.75) is 13.8 Å². The third kappa shape index (κ3) is 1.60. The van der Waals surface area contributed by atoms with Gasteiger partial charge in [-0.25, -0.2) is 9.97 Å². The Morgan fingerprint density at radius 3 is 2.56 bits per heavy atom. The van der Waals surface area contributed by atoms with Gasteiger partial charge in [0.05, 0.1) is 11.6 Å². The van der Waals surface area contributed by atoms with E-state index in [2.05, 4.69) is 15.0 Å². The average molecular weight is 241 g/mol. The minimum Gasteiger partial charge on any atom is -0.504 e. The number of nitrogens with zero attached hydrogens (tertiary/aromatic N) is 3. The largest absolute Gasteiger partial charge is 0.504 e. The Labute approximate surface area is 103 Å². The quantitative estimate of drug-likeness (QED) is 0.709. The van der Waals surface area contributed by atoms with Crippen LogP contribution in [0.15, 0.2) is 28.9 Å². The molecule has 0 radical (unpaired) electrons. The first kappa shape index (κ1) is 10.7. The fourth-order valence-electron chi connectivity index (χ4n) is 1.92. The number of pyridine rings is 1. The minimum atomic E-state index is 0.0531. The van der Waals surface area contributed by atoms with Crippen LogP contribution in [-0.2, 0) is 0 Å². The van der Waals surface area contributed by atoms with E-state index in [1.165, 1.54) is 0 Å². The summed E-state index contributed by atoms with van der Waals surface area (Å²) in [5, 5.41) is 10.7. The van der Waals surface area contributed by atoms with Gasteiger partial charge in [-0.3, -0.25) is 4.98 Å². The van der Waals surface area contributed by atoms with E-state index in [1.807, 2.05) is 19.9 Å². The van der Waals surface area contributed by atoms with Crippen molar-refractivity contribution in [2.24, 2.45) is 0 Å². The van der Waals surface area contributed by atoms with Gasteiger partial charge in [-0.05, 0) is 26.0 Å². The third-order valence-electron chi connectivity index (χ3n) is 2.65. The Kier molecular flexibility index (Phi) is 2.26. The zero-order chi connectivity index (χ0) is 12.7. The molecule has 1 N–H and O–H groups in total. The maximum atomic E-state index is 10.1. The van der Waals surface area contributed by atoms with Gasteiger partial charge in [-0.1, -0.05) is 0 Å². The molecule has 0 unspecified atom stereocenters. The van der Waals surface area contributed by atoms with Gasteiger partial charge in [0.1, 0.15) is 0 Å². The van der Waals surface area contributed by atoms with E-state index in [4.69, 9.17) is 4.42 Å². The van der Waals surface area contributed by atoms with E-state index in [9.17, 15) is 5.11 Å². The lowest BCUT2D eigenvalue weighted by Gasteiger charge is -2.00. The van der Waals surface area contributed by atoms with Crippen molar-refractivity contribution in [3.05, 3.63) is 35.9 Å². The molecule has 0 saturated heterocycles. The summed E-state index contributed by atoms with van der Waals surface area (Å²) in [6.07, 6.45) is 3.16. The summed E-state index contributed by atoms with van der Waals surface area (Å²) in [5.74, 6) is 0.725. The van der Waals surface area contributed by atoms with E-state index in [-0.39, 0.29) is 11.5 Å². The average Bonchev–Trinajstić information content (AvgIpc) is 2.66. The lowest BCUT2D eigenvalue weighted by atomic mass is 10.2. The van der Waals surface area contributed by atoms with Crippen molar-refractivity contribution in [2.75, 3.05) is 0 Å². The predicted molar refractivity (Wildman–Crippen MR) is 66.2 cm³/mol. The maximum Gasteiger partial charge on any atom is 0.214 e. The van der Waals surface area contributed by atoms with Crippen LogP contribution < -0.4 is 0 Å². The predicted octanol–water partition coefficient (Wildman–Crippen LogP) is 2.61. The number of aryl methyl sites for hydroxylation is 2. The first-order valence-electron chi connectivity index (χ1n) is 5.53. The van der Waals surface area contributed by atoms with Gasteiger partial charge in [0.2, 0.25) is 5.76 Å². The van der Waals surface area contributed by atoms with Crippen LogP contribution in [0.2, 0.25) is 0 Å². The number of furan rings is 1. The molecule has 0 spiro atoms. The molecule has 5 nitrogen and oxygen atoms in total. The van der Waals surface area contributed by atoms with Crippen molar-refractivity contribution in [3.8, 4) is 17.3 Å². The van der Waals surface area contributed by atoms with Crippen molar-refractivity contribution in [1.82, 2.24) is 15.0 Å². The van der Waals surface area contributed by atoms with Crippen LogP contribution in [0.4, 0.5) is 0 Å². The fraction of sp³-hybridized carbons (Fsp3) is 0.154. The highest BCUT2D eigenvalue weighted by Gasteiger charge is 2.17. The Morgan fingerprint density at radius 1 is 1.17 bits per heavy atom. The molecule has 0 fully saturated rings. The molecule has 3 heterocycles. The Balaban J connectivity index is 2.28. The van der Waals surface area contributed by atoms with Crippen LogP contribution >= 0.6 is 0 Å². The minimum absolute atomic E-state index is 0.0531. The van der Waals surface area contributed by atoms with Crippen LogP contribution in [0.25, 0.3) is 22.6 Å². The standard InChI is InChI=1S/C13H11N3O2/c1-7-5-8(2)16-13(15-7)12-11(17)9-3-4-14-6-10(9)18-12/h3-6,17H,1-2H3. The molecule has 3 rings (SSSR count). The molecule has 0 aromatic carbocycles. The second-order valence-corrected chi connectivity index (χ2v) is 4.13. The molecule has 0 aliphatic heterocycles. The van der Waals surface area contributed by atoms with Crippen molar-refractivity contribution in [3.63, 3.8) is 0 Å². The second kappa shape index (κ2) is 3.80. The van der Waals surface area contributed by atoms with Crippen molar-refractivity contribution < 1.29 is 9.52 Å². The fourth-order valence-corrected chi connectivity index (χ4v) is 1.92. The van der Waals surface area contributed by atoms with Crippen LogP contribution in [0, 0.1) is 13.8 Å². The van der Waals surface area contributed by atoms with Crippen molar-refractivity contribution >= 4 is 11.0 Å². The molecule has 0 bridgehead atoms. The smallest absolute Gasteiger partial charge is 0.214 e. The zero-order valence-corrected chi connectivity index (χ0v) is 10.0. The van der Waals surface area contributed by atoms with E-state index in [0.29, 0.717) is 16.8 Å². The van der Waals surface area contributed by atoms with Gasteiger partial charge in [0.15, 0.2) is 17.2 Å². The second-order valence-electron chi connectivity index (χ2n) is 4.13. The lowest BCUT2D eigenvalue weighted by Crippen LogP contribution is -1.93. The Bertz CT molecular complexity index is 714. The molecule has 0 amide bonds. The van der Waals surface area contributed by atoms with Crippen molar-refractivity contribution in [1.29, 1.82) is 0 Å². The van der Waals surface area contributed by atoms with E-state index >= 15 is 0 Å². The molecule has 0 aliphatic rings. The molecular weight excluding hydrogens is 230 g/mol. The number of aromatic nitrogens is 3. The molecule has 5 heteroatoms. The Morgan fingerprint density at radius 2 is 1.89 bits per heavy atom. The maximum absolute atomic E-state index is 10.1. The van der Waals surface area contributed by atoms with Gasteiger partial charge in [0.25, 0.3) is 0 Å². The molecule has 0 aliphatic carbocycles. The first-order chi connectivity index (χ1) is 8.65.